The molecule has 15 heavy (non-hydrogen) atoms. The highest BCUT2D eigenvalue weighted by Gasteiger charge is 1.97. The maximum absolute atomic E-state index is 10.2. The Morgan fingerprint density at radius 1 is 1.07 bits per heavy atom. The summed E-state index contributed by atoms with van der Waals surface area (Å²) >= 11 is 0. The van der Waals surface area contributed by atoms with Gasteiger partial charge in [-0.15, -0.1) is 0 Å². The Morgan fingerprint density at radius 2 is 1.80 bits per heavy atom. The zero-order valence-electron chi connectivity index (χ0n) is 8.14. The number of carbonyl (C=O) groups is 1. The number of carbonyl (C=O) groups excluding carboxylic acids is 1. The van der Waals surface area contributed by atoms with Gasteiger partial charge in [-0.3, -0.25) is 4.79 Å². The smallest absolute Gasteiger partial charge is 0.298 e. The van der Waals surface area contributed by atoms with Gasteiger partial charge in [0.1, 0.15) is 5.75 Å². The standard InChI is InChI=1S/C13H10O2/c1-2-10-3-4-12-8-13(15-9-14)6-5-11(12)7-10/h2-9H,1H2. The van der Waals surface area contributed by atoms with E-state index in [4.69, 9.17) is 4.74 Å². The summed E-state index contributed by atoms with van der Waals surface area (Å²) in [6, 6.07) is 11.5. The molecule has 0 spiro atoms. The van der Waals surface area contributed by atoms with Crippen molar-refractivity contribution in [2.75, 3.05) is 0 Å². The first kappa shape index (κ1) is 9.46. The second-order valence-corrected chi connectivity index (χ2v) is 3.19. The molecule has 0 radical (unpaired) electrons. The van der Waals surface area contributed by atoms with Crippen LogP contribution in [-0.4, -0.2) is 6.47 Å². The zero-order valence-corrected chi connectivity index (χ0v) is 8.14. The van der Waals surface area contributed by atoms with Gasteiger partial charge < -0.3 is 4.74 Å². The van der Waals surface area contributed by atoms with Crippen molar-refractivity contribution in [2.45, 2.75) is 0 Å². The monoisotopic (exact) mass is 198 g/mol. The summed E-state index contributed by atoms with van der Waals surface area (Å²) < 4.78 is 4.77. The Hall–Kier alpha value is -2.09. The summed E-state index contributed by atoms with van der Waals surface area (Å²) in [6.07, 6.45) is 1.80. The third-order valence-corrected chi connectivity index (χ3v) is 2.26. The van der Waals surface area contributed by atoms with Crippen LogP contribution in [0.5, 0.6) is 5.75 Å². The van der Waals surface area contributed by atoms with E-state index >= 15 is 0 Å². The second kappa shape index (κ2) is 3.96. The molecule has 2 nitrogen and oxygen atoms in total. The van der Waals surface area contributed by atoms with Crippen LogP contribution in [0.3, 0.4) is 0 Å². The van der Waals surface area contributed by atoms with Crippen molar-refractivity contribution in [1.29, 1.82) is 0 Å². The summed E-state index contributed by atoms with van der Waals surface area (Å²) in [5.41, 5.74) is 1.08. The third kappa shape index (κ3) is 1.89. The van der Waals surface area contributed by atoms with E-state index in [1.54, 1.807) is 12.1 Å². The van der Waals surface area contributed by atoms with Crippen molar-refractivity contribution in [1.82, 2.24) is 0 Å². The van der Waals surface area contributed by atoms with Gasteiger partial charge in [-0.1, -0.05) is 30.9 Å². The van der Waals surface area contributed by atoms with Crippen molar-refractivity contribution in [3.8, 4) is 5.75 Å². The molecule has 0 N–H and O–H groups in total. The minimum absolute atomic E-state index is 0.430. The van der Waals surface area contributed by atoms with Crippen LogP contribution >= 0.6 is 0 Å². The summed E-state index contributed by atoms with van der Waals surface area (Å²) in [5.74, 6) is 0.559. The van der Waals surface area contributed by atoms with Crippen molar-refractivity contribution in [3.63, 3.8) is 0 Å². The molecule has 0 aliphatic rings. The lowest BCUT2D eigenvalue weighted by Crippen LogP contribution is -1.87. The van der Waals surface area contributed by atoms with Crippen molar-refractivity contribution in [3.05, 3.63) is 48.5 Å². The highest BCUT2D eigenvalue weighted by Crippen LogP contribution is 2.22. The van der Waals surface area contributed by atoms with Crippen molar-refractivity contribution >= 4 is 23.3 Å². The molecule has 2 rings (SSSR count). The van der Waals surface area contributed by atoms with E-state index in [1.165, 1.54) is 0 Å². The molecule has 2 aromatic rings. The molecule has 0 aliphatic carbocycles. The predicted molar refractivity (Wildman–Crippen MR) is 60.7 cm³/mol. The molecule has 2 aromatic carbocycles. The first-order valence-electron chi connectivity index (χ1n) is 4.60. The predicted octanol–water partition coefficient (Wildman–Crippen LogP) is 3.02. The minimum atomic E-state index is 0.430. The molecule has 0 aromatic heterocycles. The van der Waals surface area contributed by atoms with Gasteiger partial charge in [0.05, 0.1) is 0 Å². The van der Waals surface area contributed by atoms with E-state index in [1.807, 2.05) is 30.3 Å². The first-order chi connectivity index (χ1) is 7.33. The molecule has 0 amide bonds. The Morgan fingerprint density at radius 3 is 2.53 bits per heavy atom. The van der Waals surface area contributed by atoms with Crippen LogP contribution < -0.4 is 4.74 Å². The van der Waals surface area contributed by atoms with Gasteiger partial charge in [0.15, 0.2) is 0 Å². The van der Waals surface area contributed by atoms with Crippen LogP contribution in [0.4, 0.5) is 0 Å². The average molecular weight is 198 g/mol. The maximum Gasteiger partial charge on any atom is 0.298 e. The molecule has 0 atom stereocenters. The summed E-state index contributed by atoms with van der Waals surface area (Å²) in [7, 11) is 0. The highest BCUT2D eigenvalue weighted by molar-refractivity contribution is 5.86. The topological polar surface area (TPSA) is 26.3 Å². The molecule has 74 valence electrons. The summed E-state index contributed by atoms with van der Waals surface area (Å²) in [4.78, 5) is 10.2. The lowest BCUT2D eigenvalue weighted by molar-refractivity contribution is -0.120. The Labute approximate surface area is 87.8 Å². The number of hydrogen-bond donors (Lipinski definition) is 0. The van der Waals surface area contributed by atoms with Crippen LogP contribution in [-0.2, 0) is 4.79 Å². The summed E-state index contributed by atoms with van der Waals surface area (Å²) in [6.45, 7) is 4.14. The van der Waals surface area contributed by atoms with Crippen molar-refractivity contribution < 1.29 is 9.53 Å². The summed E-state index contributed by atoms with van der Waals surface area (Å²) in [5, 5.41) is 2.14. The van der Waals surface area contributed by atoms with Crippen LogP contribution in [0, 0.1) is 0 Å². The lowest BCUT2D eigenvalue weighted by Gasteiger charge is -2.02. The number of ether oxygens (including phenoxy) is 1. The minimum Gasteiger partial charge on any atom is -0.429 e. The average Bonchev–Trinajstić information content (AvgIpc) is 2.29. The molecule has 0 saturated carbocycles. The quantitative estimate of drug-likeness (QED) is 0.708. The van der Waals surface area contributed by atoms with Gasteiger partial charge in [-0.2, -0.15) is 0 Å². The largest absolute Gasteiger partial charge is 0.429 e. The molecule has 0 heterocycles. The molecular weight excluding hydrogens is 188 g/mol. The maximum atomic E-state index is 10.2. The molecule has 0 saturated heterocycles. The van der Waals surface area contributed by atoms with E-state index in [0.717, 1.165) is 16.3 Å². The SMILES string of the molecule is C=Cc1ccc2cc(OC=O)ccc2c1. The normalized spacial score (nSPS) is 9.87. The van der Waals surface area contributed by atoms with Crippen LogP contribution in [0.25, 0.3) is 16.8 Å². The number of benzene rings is 2. The lowest BCUT2D eigenvalue weighted by atomic mass is 10.1. The van der Waals surface area contributed by atoms with Gasteiger partial charge in [-0.05, 0) is 34.5 Å². The second-order valence-electron chi connectivity index (χ2n) is 3.19. The number of hydrogen-bond acceptors (Lipinski definition) is 2. The zero-order chi connectivity index (χ0) is 10.7. The highest BCUT2D eigenvalue weighted by atomic mass is 16.5. The molecule has 2 heteroatoms. The van der Waals surface area contributed by atoms with Crippen LogP contribution in [0.2, 0.25) is 0 Å². The molecule has 0 bridgehead atoms. The fourth-order valence-electron chi connectivity index (χ4n) is 1.50. The molecular formula is C13H10O2. The van der Waals surface area contributed by atoms with Gasteiger partial charge in [-0.25, -0.2) is 0 Å². The van der Waals surface area contributed by atoms with Gasteiger partial charge in [0.2, 0.25) is 0 Å². The Balaban J connectivity index is 2.54. The van der Waals surface area contributed by atoms with Gasteiger partial charge >= 0.3 is 0 Å². The van der Waals surface area contributed by atoms with E-state index in [0.29, 0.717) is 12.2 Å². The fourth-order valence-corrected chi connectivity index (χ4v) is 1.50. The fraction of sp³-hybridized carbons (Fsp3) is 0. The van der Waals surface area contributed by atoms with E-state index in [-0.39, 0.29) is 0 Å². The molecule has 0 aliphatic heterocycles. The van der Waals surface area contributed by atoms with Gasteiger partial charge in [0, 0.05) is 0 Å². The third-order valence-electron chi connectivity index (χ3n) is 2.26. The first-order valence-corrected chi connectivity index (χ1v) is 4.60. The van der Waals surface area contributed by atoms with Crippen LogP contribution in [0.15, 0.2) is 43.0 Å². The number of rotatable bonds is 3. The van der Waals surface area contributed by atoms with E-state index < -0.39 is 0 Å². The Kier molecular flexibility index (Phi) is 2.50. The Bertz CT molecular complexity index is 515. The van der Waals surface area contributed by atoms with E-state index in [9.17, 15) is 4.79 Å². The van der Waals surface area contributed by atoms with E-state index in [2.05, 4.69) is 6.58 Å². The molecule has 0 unspecified atom stereocenters. The number of fused-ring (bicyclic) bond motifs is 1. The van der Waals surface area contributed by atoms with Gasteiger partial charge in [0.25, 0.3) is 6.47 Å². The molecule has 0 fully saturated rings. The van der Waals surface area contributed by atoms with Crippen molar-refractivity contribution in [2.24, 2.45) is 0 Å². The van der Waals surface area contributed by atoms with Crippen LogP contribution in [0.1, 0.15) is 5.56 Å².